The van der Waals surface area contributed by atoms with Crippen LogP contribution in [0.1, 0.15) is 11.1 Å². The average Bonchev–Trinajstić information content (AvgIpc) is 2.73. The third-order valence-electron chi connectivity index (χ3n) is 4.34. The Hall–Kier alpha value is -3.20. The Kier molecular flexibility index (Phi) is 5.97. The number of rotatable bonds is 5. The third kappa shape index (κ3) is 4.14. The second kappa shape index (κ2) is 8.44. The van der Waals surface area contributed by atoms with Crippen LogP contribution in [0.15, 0.2) is 46.7 Å². The molecule has 1 saturated heterocycles. The first kappa shape index (κ1) is 20.5. The van der Waals surface area contributed by atoms with Crippen LogP contribution in [-0.2, 0) is 16.2 Å². The van der Waals surface area contributed by atoms with Crippen molar-refractivity contribution in [3.63, 3.8) is 0 Å². The van der Waals surface area contributed by atoms with E-state index in [1.165, 1.54) is 27.3 Å². The molecular weight excluding hydrogens is 442 g/mol. The Bertz CT molecular complexity index is 981. The standard InChI is InChI=1S/C20H18BrN3O5/c1-23-18(25)14(19(26)24(2)20(23)27)8-13-9-15(21)17(16(10-13)28-3)29-11-12-4-6-22-7-5-12/h4-10H,11H2,1-3H3. The maximum Gasteiger partial charge on any atom is 0.333 e. The van der Waals surface area contributed by atoms with Gasteiger partial charge in [-0.25, -0.2) is 4.79 Å². The molecule has 1 fully saturated rings. The topological polar surface area (TPSA) is 89.0 Å². The Morgan fingerprint density at radius 1 is 1.07 bits per heavy atom. The van der Waals surface area contributed by atoms with Gasteiger partial charge in [-0.2, -0.15) is 0 Å². The van der Waals surface area contributed by atoms with Crippen molar-refractivity contribution in [1.29, 1.82) is 0 Å². The van der Waals surface area contributed by atoms with Crippen LogP contribution >= 0.6 is 15.9 Å². The predicted octanol–water partition coefficient (Wildman–Crippen LogP) is 2.87. The number of hydrogen-bond acceptors (Lipinski definition) is 6. The number of pyridine rings is 1. The second-order valence-electron chi connectivity index (χ2n) is 6.25. The van der Waals surface area contributed by atoms with Gasteiger partial charge in [0.2, 0.25) is 0 Å². The summed E-state index contributed by atoms with van der Waals surface area (Å²) in [5.41, 5.74) is 1.36. The molecule has 0 saturated carbocycles. The molecule has 0 unspecified atom stereocenters. The first-order valence-electron chi connectivity index (χ1n) is 8.54. The summed E-state index contributed by atoms with van der Waals surface area (Å²) in [5, 5.41) is 0. The zero-order valence-corrected chi connectivity index (χ0v) is 17.6. The number of nitrogens with zero attached hydrogens (tertiary/aromatic N) is 3. The van der Waals surface area contributed by atoms with Crippen LogP contribution in [0.3, 0.4) is 0 Å². The summed E-state index contributed by atoms with van der Waals surface area (Å²) in [6, 6.07) is 6.36. The van der Waals surface area contributed by atoms with Gasteiger partial charge in [0, 0.05) is 26.5 Å². The van der Waals surface area contributed by atoms with Crippen LogP contribution in [0, 0.1) is 0 Å². The molecule has 1 aliphatic heterocycles. The fourth-order valence-corrected chi connectivity index (χ4v) is 3.31. The number of hydrogen-bond donors (Lipinski definition) is 0. The molecule has 29 heavy (non-hydrogen) atoms. The highest BCUT2D eigenvalue weighted by Gasteiger charge is 2.37. The van der Waals surface area contributed by atoms with Gasteiger partial charge in [-0.3, -0.25) is 24.4 Å². The number of urea groups is 1. The molecule has 2 heterocycles. The number of aromatic nitrogens is 1. The number of imide groups is 2. The van der Waals surface area contributed by atoms with Crippen molar-refractivity contribution in [2.24, 2.45) is 0 Å². The zero-order valence-electron chi connectivity index (χ0n) is 16.0. The van der Waals surface area contributed by atoms with Crippen LogP contribution < -0.4 is 9.47 Å². The van der Waals surface area contributed by atoms with Crippen LogP contribution in [0.5, 0.6) is 11.5 Å². The van der Waals surface area contributed by atoms with E-state index in [2.05, 4.69) is 20.9 Å². The van der Waals surface area contributed by atoms with E-state index in [-0.39, 0.29) is 5.57 Å². The summed E-state index contributed by atoms with van der Waals surface area (Å²) in [6.07, 6.45) is 4.78. The zero-order chi connectivity index (χ0) is 21.1. The first-order chi connectivity index (χ1) is 13.8. The molecule has 3 rings (SSSR count). The Labute approximate surface area is 175 Å². The summed E-state index contributed by atoms with van der Waals surface area (Å²) < 4.78 is 11.9. The maximum atomic E-state index is 12.4. The van der Waals surface area contributed by atoms with Gasteiger partial charge in [0.05, 0.1) is 11.6 Å². The number of ether oxygens (including phenoxy) is 2. The fraction of sp³-hybridized carbons (Fsp3) is 0.200. The average molecular weight is 460 g/mol. The Balaban J connectivity index is 1.92. The summed E-state index contributed by atoms with van der Waals surface area (Å²) in [4.78, 5) is 42.4. The summed E-state index contributed by atoms with van der Waals surface area (Å²) >= 11 is 3.45. The lowest BCUT2D eigenvalue weighted by Gasteiger charge is -2.28. The minimum absolute atomic E-state index is 0.117. The normalized spacial score (nSPS) is 14.3. The number of likely N-dealkylation sites (N-methyl/N-ethyl adjacent to an activating group) is 2. The molecule has 0 aliphatic carbocycles. The van der Waals surface area contributed by atoms with E-state index in [4.69, 9.17) is 9.47 Å². The van der Waals surface area contributed by atoms with E-state index in [9.17, 15) is 14.4 Å². The largest absolute Gasteiger partial charge is 0.493 e. The lowest BCUT2D eigenvalue weighted by molar-refractivity contribution is -0.134. The maximum absolute atomic E-state index is 12.4. The quantitative estimate of drug-likeness (QED) is 0.504. The molecule has 0 bridgehead atoms. The van der Waals surface area contributed by atoms with Crippen molar-refractivity contribution in [3.05, 3.63) is 57.8 Å². The van der Waals surface area contributed by atoms with Gasteiger partial charge >= 0.3 is 6.03 Å². The predicted molar refractivity (Wildman–Crippen MR) is 108 cm³/mol. The van der Waals surface area contributed by atoms with E-state index in [0.717, 1.165) is 15.4 Å². The lowest BCUT2D eigenvalue weighted by atomic mass is 10.1. The monoisotopic (exact) mass is 459 g/mol. The lowest BCUT2D eigenvalue weighted by Crippen LogP contribution is -2.52. The van der Waals surface area contributed by atoms with Gasteiger partial charge in [-0.1, -0.05) is 0 Å². The summed E-state index contributed by atoms with van der Waals surface area (Å²) in [5.74, 6) is -0.414. The molecule has 150 valence electrons. The molecule has 2 aromatic rings. The Morgan fingerprint density at radius 2 is 1.69 bits per heavy atom. The van der Waals surface area contributed by atoms with E-state index in [0.29, 0.717) is 28.1 Å². The van der Waals surface area contributed by atoms with Gasteiger partial charge in [-0.15, -0.1) is 0 Å². The van der Waals surface area contributed by atoms with E-state index >= 15 is 0 Å². The highest BCUT2D eigenvalue weighted by molar-refractivity contribution is 9.10. The number of amides is 4. The van der Waals surface area contributed by atoms with Crippen molar-refractivity contribution >= 4 is 39.9 Å². The molecule has 0 spiro atoms. The molecule has 1 aromatic heterocycles. The van der Waals surface area contributed by atoms with Crippen molar-refractivity contribution < 1.29 is 23.9 Å². The number of benzene rings is 1. The molecular formula is C20H18BrN3O5. The molecule has 9 heteroatoms. The molecule has 4 amide bonds. The van der Waals surface area contributed by atoms with Gasteiger partial charge in [0.15, 0.2) is 11.5 Å². The number of barbiturate groups is 1. The number of methoxy groups -OCH3 is 1. The van der Waals surface area contributed by atoms with Crippen LogP contribution in [0.25, 0.3) is 6.08 Å². The van der Waals surface area contributed by atoms with Crippen molar-refractivity contribution in [1.82, 2.24) is 14.8 Å². The molecule has 0 radical (unpaired) electrons. The molecule has 0 N–H and O–H groups in total. The van der Waals surface area contributed by atoms with Gasteiger partial charge in [0.1, 0.15) is 12.2 Å². The highest BCUT2D eigenvalue weighted by atomic mass is 79.9. The van der Waals surface area contributed by atoms with Crippen molar-refractivity contribution in [2.75, 3.05) is 21.2 Å². The molecule has 0 atom stereocenters. The third-order valence-corrected chi connectivity index (χ3v) is 4.93. The van der Waals surface area contributed by atoms with Gasteiger partial charge in [-0.05, 0) is 57.4 Å². The molecule has 8 nitrogen and oxygen atoms in total. The van der Waals surface area contributed by atoms with Crippen molar-refractivity contribution in [3.8, 4) is 11.5 Å². The van der Waals surface area contributed by atoms with E-state index < -0.39 is 17.8 Å². The number of carbonyl (C=O) groups excluding carboxylic acids is 3. The molecule has 1 aliphatic rings. The summed E-state index contributed by atoms with van der Waals surface area (Å²) in [6.45, 7) is 0.312. The van der Waals surface area contributed by atoms with Crippen LogP contribution in [0.2, 0.25) is 0 Å². The summed E-state index contributed by atoms with van der Waals surface area (Å²) in [7, 11) is 4.15. The van der Waals surface area contributed by atoms with E-state index in [1.54, 1.807) is 24.5 Å². The van der Waals surface area contributed by atoms with Gasteiger partial charge in [0.25, 0.3) is 11.8 Å². The smallest absolute Gasteiger partial charge is 0.333 e. The van der Waals surface area contributed by atoms with E-state index in [1.807, 2.05) is 12.1 Å². The van der Waals surface area contributed by atoms with Crippen LogP contribution in [-0.4, -0.2) is 53.8 Å². The van der Waals surface area contributed by atoms with Crippen molar-refractivity contribution in [2.45, 2.75) is 6.61 Å². The molecule has 1 aromatic carbocycles. The number of carbonyl (C=O) groups is 3. The first-order valence-corrected chi connectivity index (χ1v) is 9.33. The van der Waals surface area contributed by atoms with Crippen LogP contribution in [0.4, 0.5) is 4.79 Å². The fourth-order valence-electron chi connectivity index (χ4n) is 2.74. The SMILES string of the molecule is COc1cc(C=C2C(=O)N(C)C(=O)N(C)C2=O)cc(Br)c1OCc1ccncc1. The number of halogens is 1. The highest BCUT2D eigenvalue weighted by Crippen LogP contribution is 2.38. The van der Waals surface area contributed by atoms with Gasteiger partial charge < -0.3 is 9.47 Å². The minimum atomic E-state index is -0.671. The Morgan fingerprint density at radius 3 is 2.28 bits per heavy atom. The second-order valence-corrected chi connectivity index (χ2v) is 7.10. The minimum Gasteiger partial charge on any atom is -0.493 e.